The fourth-order valence-electron chi connectivity index (χ4n) is 3.99. The van der Waals surface area contributed by atoms with E-state index in [0.29, 0.717) is 11.8 Å². The first-order valence-electron chi connectivity index (χ1n) is 9.99. The van der Waals surface area contributed by atoms with Crippen molar-refractivity contribution in [3.63, 3.8) is 0 Å². The summed E-state index contributed by atoms with van der Waals surface area (Å²) >= 11 is 1.53. The van der Waals surface area contributed by atoms with E-state index in [2.05, 4.69) is 23.7 Å². The number of imidazole rings is 1. The van der Waals surface area contributed by atoms with Gasteiger partial charge in [0.15, 0.2) is 5.16 Å². The number of thioether (sulfide) groups is 1. The summed E-state index contributed by atoms with van der Waals surface area (Å²) < 4.78 is 8.21. The van der Waals surface area contributed by atoms with Gasteiger partial charge in [0.25, 0.3) is 0 Å². The highest BCUT2D eigenvalue weighted by molar-refractivity contribution is 7.99. The molecular weight excluding hydrogens is 370 g/mol. The van der Waals surface area contributed by atoms with E-state index in [1.165, 1.54) is 43.1 Å². The minimum absolute atomic E-state index is 0.00534. The molecule has 1 atom stereocenters. The van der Waals surface area contributed by atoms with Crippen LogP contribution in [0.25, 0.3) is 11.0 Å². The second-order valence-electron chi connectivity index (χ2n) is 7.64. The predicted molar refractivity (Wildman–Crippen MR) is 113 cm³/mol. The Kier molecular flexibility index (Phi) is 5.49. The first-order chi connectivity index (χ1) is 13.5. The van der Waals surface area contributed by atoms with Gasteiger partial charge in [0.05, 0.1) is 17.5 Å². The molecule has 1 fully saturated rings. The summed E-state index contributed by atoms with van der Waals surface area (Å²) in [5, 5.41) is 5.07. The Bertz CT molecular complexity index is 952. The van der Waals surface area contributed by atoms with E-state index in [1.807, 2.05) is 37.3 Å². The minimum atomic E-state index is -0.168. The summed E-state index contributed by atoms with van der Waals surface area (Å²) in [6.45, 7) is 6.14. The Morgan fingerprint density at radius 3 is 2.82 bits per heavy atom. The molecule has 0 radical (unpaired) electrons. The first-order valence-corrected chi connectivity index (χ1v) is 11.0. The zero-order chi connectivity index (χ0) is 19.7. The van der Waals surface area contributed by atoms with E-state index >= 15 is 0 Å². The Balaban J connectivity index is 1.40. The summed E-state index contributed by atoms with van der Waals surface area (Å²) in [6, 6.07) is 10.2. The Morgan fingerprint density at radius 1 is 1.32 bits per heavy atom. The van der Waals surface area contributed by atoms with Crippen molar-refractivity contribution in [3.05, 3.63) is 47.5 Å². The van der Waals surface area contributed by atoms with Gasteiger partial charge in [0.1, 0.15) is 11.3 Å². The number of aryl methyl sites for hydroxylation is 1. The molecule has 28 heavy (non-hydrogen) atoms. The Hall–Kier alpha value is -2.21. The largest absolute Gasteiger partial charge is 0.459 e. The lowest BCUT2D eigenvalue weighted by molar-refractivity contribution is -0.119. The van der Waals surface area contributed by atoms with Crippen LogP contribution in [0.4, 0.5) is 0 Å². The number of fused-ring (bicyclic) bond motifs is 1. The molecule has 3 aromatic rings. The van der Waals surface area contributed by atoms with E-state index < -0.39 is 0 Å². The van der Waals surface area contributed by atoms with Crippen molar-refractivity contribution in [2.45, 2.75) is 63.7 Å². The smallest absolute Gasteiger partial charge is 0.231 e. The molecule has 6 heteroatoms. The standard InChI is InChI=1S/C22H27N3O2S/c1-14-16(3)25(18-9-5-6-10-18)22(24-14)28-13-21(26)23-15(2)20-12-17-8-4-7-11-19(17)27-20/h4,7-8,11-12,15,18H,5-6,9-10,13H2,1-3H3,(H,23,26)/t15-/m0/s1. The van der Waals surface area contributed by atoms with Crippen LogP contribution in [0.15, 0.2) is 39.9 Å². The fourth-order valence-corrected chi connectivity index (χ4v) is 4.96. The van der Waals surface area contributed by atoms with E-state index in [9.17, 15) is 4.79 Å². The van der Waals surface area contributed by atoms with Gasteiger partial charge in [-0.3, -0.25) is 4.79 Å². The number of benzene rings is 1. The van der Waals surface area contributed by atoms with Crippen molar-refractivity contribution in [1.29, 1.82) is 0 Å². The highest BCUT2D eigenvalue weighted by Crippen LogP contribution is 2.35. The fraction of sp³-hybridized carbons (Fsp3) is 0.455. The normalized spacial score (nSPS) is 16.0. The molecule has 2 heterocycles. The van der Waals surface area contributed by atoms with Crippen LogP contribution in [-0.2, 0) is 4.79 Å². The highest BCUT2D eigenvalue weighted by atomic mass is 32.2. The number of hydrogen-bond acceptors (Lipinski definition) is 4. The van der Waals surface area contributed by atoms with Crippen LogP contribution in [0.1, 0.15) is 61.8 Å². The molecule has 1 aromatic carbocycles. The Morgan fingerprint density at radius 2 is 2.07 bits per heavy atom. The quantitative estimate of drug-likeness (QED) is 0.571. The number of amides is 1. The van der Waals surface area contributed by atoms with Crippen LogP contribution >= 0.6 is 11.8 Å². The third-order valence-electron chi connectivity index (χ3n) is 5.63. The van der Waals surface area contributed by atoms with Crippen molar-refractivity contribution in [2.75, 3.05) is 5.75 Å². The summed E-state index contributed by atoms with van der Waals surface area (Å²) in [7, 11) is 0. The third kappa shape index (κ3) is 3.83. The third-order valence-corrected chi connectivity index (χ3v) is 6.58. The number of nitrogens with zero attached hydrogens (tertiary/aromatic N) is 2. The molecule has 0 bridgehead atoms. The molecule has 0 unspecified atom stereocenters. The number of rotatable bonds is 6. The maximum atomic E-state index is 12.5. The van der Waals surface area contributed by atoms with Crippen molar-refractivity contribution < 1.29 is 9.21 Å². The van der Waals surface area contributed by atoms with Crippen LogP contribution in [0.2, 0.25) is 0 Å². The molecule has 4 rings (SSSR count). The van der Waals surface area contributed by atoms with E-state index in [-0.39, 0.29) is 11.9 Å². The van der Waals surface area contributed by atoms with Gasteiger partial charge >= 0.3 is 0 Å². The topological polar surface area (TPSA) is 60.1 Å². The number of nitrogens with one attached hydrogen (secondary N) is 1. The van der Waals surface area contributed by atoms with Crippen LogP contribution in [0, 0.1) is 13.8 Å². The number of aromatic nitrogens is 2. The monoisotopic (exact) mass is 397 g/mol. The van der Waals surface area contributed by atoms with Crippen molar-refractivity contribution in [1.82, 2.24) is 14.9 Å². The van der Waals surface area contributed by atoms with Crippen LogP contribution in [0.5, 0.6) is 0 Å². The van der Waals surface area contributed by atoms with Crippen LogP contribution < -0.4 is 5.32 Å². The number of furan rings is 1. The molecule has 0 aliphatic heterocycles. The molecule has 148 valence electrons. The number of hydrogen-bond donors (Lipinski definition) is 1. The van der Waals surface area contributed by atoms with E-state index in [1.54, 1.807) is 0 Å². The van der Waals surface area contributed by atoms with Crippen LogP contribution in [0.3, 0.4) is 0 Å². The summed E-state index contributed by atoms with van der Waals surface area (Å²) in [5.74, 6) is 1.13. The second kappa shape index (κ2) is 8.03. The number of para-hydroxylation sites is 1. The average Bonchev–Trinajstić information content (AvgIpc) is 3.40. The molecule has 0 spiro atoms. The van der Waals surface area contributed by atoms with Gasteiger partial charge in [-0.15, -0.1) is 0 Å². The summed E-state index contributed by atoms with van der Waals surface area (Å²) in [6.07, 6.45) is 4.97. The molecule has 5 nitrogen and oxygen atoms in total. The van der Waals surface area contributed by atoms with Gasteiger partial charge in [-0.25, -0.2) is 4.98 Å². The molecule has 1 aliphatic carbocycles. The average molecular weight is 398 g/mol. The molecule has 1 amide bonds. The van der Waals surface area contributed by atoms with Gasteiger partial charge in [0.2, 0.25) is 5.91 Å². The van der Waals surface area contributed by atoms with Crippen LogP contribution in [-0.4, -0.2) is 21.2 Å². The number of carbonyl (C=O) groups excluding carboxylic acids is 1. The zero-order valence-electron chi connectivity index (χ0n) is 16.7. The van der Waals surface area contributed by atoms with Gasteiger partial charge in [-0.1, -0.05) is 42.8 Å². The molecule has 1 aliphatic rings. The minimum Gasteiger partial charge on any atom is -0.459 e. The molecule has 0 saturated heterocycles. The predicted octanol–water partition coefficient (Wildman–Crippen LogP) is 5.33. The van der Waals surface area contributed by atoms with Crippen molar-refractivity contribution >= 4 is 28.6 Å². The highest BCUT2D eigenvalue weighted by Gasteiger charge is 2.24. The maximum absolute atomic E-state index is 12.5. The van der Waals surface area contributed by atoms with Crippen molar-refractivity contribution in [3.8, 4) is 0 Å². The molecule has 2 aromatic heterocycles. The molecular formula is C22H27N3O2S. The van der Waals surface area contributed by atoms with E-state index in [0.717, 1.165) is 27.6 Å². The lowest BCUT2D eigenvalue weighted by Gasteiger charge is -2.17. The van der Waals surface area contributed by atoms with Crippen molar-refractivity contribution in [2.24, 2.45) is 0 Å². The summed E-state index contributed by atoms with van der Waals surface area (Å²) in [5.41, 5.74) is 3.13. The Labute approximate surface area is 169 Å². The molecule has 1 N–H and O–H groups in total. The zero-order valence-corrected chi connectivity index (χ0v) is 17.5. The van der Waals surface area contributed by atoms with Gasteiger partial charge < -0.3 is 14.3 Å². The first kappa shape index (κ1) is 19.1. The number of carbonyl (C=O) groups is 1. The lowest BCUT2D eigenvalue weighted by atomic mass is 10.2. The van der Waals surface area contributed by atoms with Gasteiger partial charge in [-0.2, -0.15) is 0 Å². The second-order valence-corrected chi connectivity index (χ2v) is 8.58. The summed E-state index contributed by atoms with van der Waals surface area (Å²) in [4.78, 5) is 17.2. The maximum Gasteiger partial charge on any atom is 0.231 e. The SMILES string of the molecule is Cc1nc(SCC(=O)N[C@@H](C)c2cc3ccccc3o2)n(C2CCCC2)c1C. The lowest BCUT2D eigenvalue weighted by Crippen LogP contribution is -2.28. The van der Waals surface area contributed by atoms with Gasteiger partial charge in [0, 0.05) is 17.1 Å². The molecule has 1 saturated carbocycles. The van der Waals surface area contributed by atoms with Gasteiger partial charge in [-0.05, 0) is 45.7 Å². The van der Waals surface area contributed by atoms with E-state index in [4.69, 9.17) is 9.40 Å².